The topological polar surface area (TPSA) is 20.2 Å². The lowest BCUT2D eigenvalue weighted by Gasteiger charge is -2.03. The molecule has 0 amide bonds. The first-order valence-corrected chi connectivity index (χ1v) is 4.27. The van der Waals surface area contributed by atoms with Gasteiger partial charge in [-0.15, -0.1) is 0 Å². The highest BCUT2D eigenvalue weighted by molar-refractivity contribution is 6.31. The fourth-order valence-electron chi connectivity index (χ4n) is 1.02. The first-order chi connectivity index (χ1) is 6.15. The third kappa shape index (κ3) is 2.64. The molecule has 1 aromatic rings. The molecule has 0 saturated heterocycles. The summed E-state index contributed by atoms with van der Waals surface area (Å²) in [5, 5.41) is 8.73. The van der Waals surface area contributed by atoms with Crippen LogP contribution in [0.5, 0.6) is 0 Å². The largest absolute Gasteiger partial charge is 0.396 e. The van der Waals surface area contributed by atoms with Crippen molar-refractivity contribution >= 4 is 11.6 Å². The van der Waals surface area contributed by atoms with E-state index in [9.17, 15) is 8.78 Å². The highest BCUT2D eigenvalue weighted by Crippen LogP contribution is 2.20. The second kappa shape index (κ2) is 4.53. The number of hydrogen-bond acceptors (Lipinski definition) is 1. The van der Waals surface area contributed by atoms with E-state index in [1.54, 1.807) is 0 Å². The average molecular weight is 207 g/mol. The summed E-state index contributed by atoms with van der Waals surface area (Å²) >= 11 is 5.65. The minimum absolute atomic E-state index is 0.00925. The first kappa shape index (κ1) is 10.4. The Morgan fingerprint density at radius 3 is 2.46 bits per heavy atom. The van der Waals surface area contributed by atoms with Crippen LogP contribution in [0.4, 0.5) is 8.78 Å². The number of aliphatic hydroxyl groups excluding tert-OH is 1. The second-order valence-electron chi connectivity index (χ2n) is 2.68. The van der Waals surface area contributed by atoms with Crippen LogP contribution >= 0.6 is 11.6 Å². The van der Waals surface area contributed by atoms with E-state index in [1.807, 2.05) is 0 Å². The van der Waals surface area contributed by atoms with Gasteiger partial charge in [-0.1, -0.05) is 11.6 Å². The van der Waals surface area contributed by atoms with Gasteiger partial charge in [0.15, 0.2) is 11.6 Å². The standard InChI is InChI=1S/C9H9ClF2O/c10-7-5-9(12)8(11)4-6(7)2-1-3-13/h4-5,13H,1-3H2. The van der Waals surface area contributed by atoms with Crippen molar-refractivity contribution in [3.8, 4) is 0 Å². The molecule has 13 heavy (non-hydrogen) atoms. The van der Waals surface area contributed by atoms with Crippen LogP contribution < -0.4 is 0 Å². The van der Waals surface area contributed by atoms with Gasteiger partial charge in [0.2, 0.25) is 0 Å². The van der Waals surface area contributed by atoms with Gasteiger partial charge in [-0.05, 0) is 30.5 Å². The molecule has 0 fully saturated rings. The normalized spacial score (nSPS) is 10.5. The fraction of sp³-hybridized carbons (Fsp3) is 0.333. The van der Waals surface area contributed by atoms with Gasteiger partial charge in [0.25, 0.3) is 0 Å². The van der Waals surface area contributed by atoms with Crippen molar-refractivity contribution in [3.63, 3.8) is 0 Å². The molecule has 0 bridgehead atoms. The minimum atomic E-state index is -0.947. The molecule has 1 aromatic carbocycles. The van der Waals surface area contributed by atoms with Crippen molar-refractivity contribution in [2.75, 3.05) is 6.61 Å². The molecule has 72 valence electrons. The summed E-state index contributed by atoms with van der Waals surface area (Å²) in [6, 6.07) is 2.01. The molecule has 4 heteroatoms. The highest BCUT2D eigenvalue weighted by atomic mass is 35.5. The summed E-state index contributed by atoms with van der Waals surface area (Å²) in [4.78, 5) is 0. The Hall–Kier alpha value is -0.670. The lowest BCUT2D eigenvalue weighted by Crippen LogP contribution is -1.94. The van der Waals surface area contributed by atoms with Crippen molar-refractivity contribution < 1.29 is 13.9 Å². The smallest absolute Gasteiger partial charge is 0.160 e. The molecular formula is C9H9ClF2O. The Morgan fingerprint density at radius 2 is 1.85 bits per heavy atom. The summed E-state index contributed by atoms with van der Waals surface area (Å²) in [6.45, 7) is 0.00925. The third-order valence-electron chi connectivity index (χ3n) is 1.69. The minimum Gasteiger partial charge on any atom is -0.396 e. The van der Waals surface area contributed by atoms with Crippen LogP contribution in [0.1, 0.15) is 12.0 Å². The number of halogens is 3. The first-order valence-electron chi connectivity index (χ1n) is 3.89. The lowest BCUT2D eigenvalue weighted by atomic mass is 10.1. The monoisotopic (exact) mass is 206 g/mol. The number of hydrogen-bond donors (Lipinski definition) is 1. The van der Waals surface area contributed by atoms with Crippen molar-refractivity contribution in [2.45, 2.75) is 12.8 Å². The Bertz CT molecular complexity index is 302. The van der Waals surface area contributed by atoms with Gasteiger partial charge in [0, 0.05) is 11.6 Å². The molecule has 0 heterocycles. The molecule has 0 unspecified atom stereocenters. The highest BCUT2D eigenvalue weighted by Gasteiger charge is 2.07. The van der Waals surface area contributed by atoms with E-state index in [-0.39, 0.29) is 11.6 Å². The number of benzene rings is 1. The molecule has 0 aliphatic heterocycles. The molecule has 0 radical (unpaired) electrons. The van der Waals surface area contributed by atoms with Gasteiger partial charge in [-0.3, -0.25) is 0 Å². The van der Waals surface area contributed by atoms with Crippen LogP contribution in [-0.4, -0.2) is 11.7 Å². The number of rotatable bonds is 3. The summed E-state index contributed by atoms with van der Waals surface area (Å²) < 4.78 is 25.3. The summed E-state index contributed by atoms with van der Waals surface area (Å²) in [7, 11) is 0. The van der Waals surface area contributed by atoms with Crippen LogP contribution in [0.15, 0.2) is 12.1 Å². The van der Waals surface area contributed by atoms with Crippen LogP contribution in [0.25, 0.3) is 0 Å². The zero-order valence-corrected chi connectivity index (χ0v) is 7.61. The third-order valence-corrected chi connectivity index (χ3v) is 2.05. The van der Waals surface area contributed by atoms with E-state index in [0.717, 1.165) is 12.1 Å². The quantitative estimate of drug-likeness (QED) is 0.754. The van der Waals surface area contributed by atoms with Gasteiger partial charge in [0.1, 0.15) is 0 Å². The SMILES string of the molecule is OCCCc1cc(F)c(F)cc1Cl. The van der Waals surface area contributed by atoms with E-state index < -0.39 is 11.6 Å². The Labute approximate surface area is 80.0 Å². The van der Waals surface area contributed by atoms with Crippen molar-refractivity contribution in [1.82, 2.24) is 0 Å². The molecule has 1 nitrogen and oxygen atoms in total. The maximum Gasteiger partial charge on any atom is 0.160 e. The predicted octanol–water partition coefficient (Wildman–Crippen LogP) is 2.54. The molecule has 0 aromatic heterocycles. The maximum atomic E-state index is 12.7. The Morgan fingerprint density at radius 1 is 1.23 bits per heavy atom. The van der Waals surface area contributed by atoms with Gasteiger partial charge < -0.3 is 5.11 Å². The molecule has 1 N–H and O–H groups in total. The fourth-order valence-corrected chi connectivity index (χ4v) is 1.27. The van der Waals surface area contributed by atoms with Crippen molar-refractivity contribution in [2.24, 2.45) is 0 Å². The van der Waals surface area contributed by atoms with Crippen LogP contribution in [0, 0.1) is 11.6 Å². The van der Waals surface area contributed by atoms with Crippen LogP contribution in [0.3, 0.4) is 0 Å². The Kier molecular flexibility index (Phi) is 3.63. The van der Waals surface area contributed by atoms with E-state index in [2.05, 4.69) is 0 Å². The maximum absolute atomic E-state index is 12.7. The van der Waals surface area contributed by atoms with Gasteiger partial charge in [-0.2, -0.15) is 0 Å². The second-order valence-corrected chi connectivity index (χ2v) is 3.09. The zero-order valence-electron chi connectivity index (χ0n) is 6.86. The predicted molar refractivity (Wildman–Crippen MR) is 46.8 cm³/mol. The lowest BCUT2D eigenvalue weighted by molar-refractivity contribution is 0.288. The zero-order chi connectivity index (χ0) is 9.84. The molecular weight excluding hydrogens is 198 g/mol. The van der Waals surface area contributed by atoms with Gasteiger partial charge in [-0.25, -0.2) is 8.78 Å². The van der Waals surface area contributed by atoms with Crippen molar-refractivity contribution in [1.29, 1.82) is 0 Å². The van der Waals surface area contributed by atoms with Crippen molar-refractivity contribution in [3.05, 3.63) is 34.4 Å². The molecule has 0 atom stereocenters. The van der Waals surface area contributed by atoms with Gasteiger partial charge >= 0.3 is 0 Å². The average Bonchev–Trinajstić information content (AvgIpc) is 2.09. The molecule has 1 rings (SSSR count). The molecule has 0 saturated carbocycles. The number of aliphatic hydroxyl groups is 1. The summed E-state index contributed by atoms with van der Waals surface area (Å²) in [5.41, 5.74) is 0.523. The molecule has 0 aliphatic carbocycles. The van der Waals surface area contributed by atoms with E-state index >= 15 is 0 Å². The van der Waals surface area contributed by atoms with Gasteiger partial charge in [0.05, 0.1) is 0 Å². The van der Waals surface area contributed by atoms with E-state index in [1.165, 1.54) is 0 Å². The van der Waals surface area contributed by atoms with E-state index in [4.69, 9.17) is 16.7 Å². The summed E-state index contributed by atoms with van der Waals surface area (Å²) in [5.74, 6) is -1.85. The molecule has 0 spiro atoms. The van der Waals surface area contributed by atoms with E-state index in [0.29, 0.717) is 18.4 Å². The van der Waals surface area contributed by atoms with Crippen LogP contribution in [-0.2, 0) is 6.42 Å². The van der Waals surface area contributed by atoms with Crippen LogP contribution in [0.2, 0.25) is 5.02 Å². The number of aryl methyl sites for hydroxylation is 1. The molecule has 0 aliphatic rings. The summed E-state index contributed by atoms with van der Waals surface area (Å²) in [6.07, 6.45) is 0.942. The Balaban J connectivity index is 2.88.